The number of hydrogen-bond acceptors (Lipinski definition) is 6. The van der Waals surface area contributed by atoms with E-state index in [0.717, 1.165) is 5.56 Å². The van der Waals surface area contributed by atoms with Crippen molar-refractivity contribution in [2.75, 3.05) is 12.4 Å². The lowest BCUT2D eigenvalue weighted by Crippen LogP contribution is -2.14. The van der Waals surface area contributed by atoms with E-state index in [0.29, 0.717) is 10.6 Å². The molecule has 2 rings (SSSR count). The Morgan fingerprint density at radius 3 is 2.80 bits per heavy atom. The van der Waals surface area contributed by atoms with Crippen LogP contribution >= 0.6 is 11.3 Å². The Morgan fingerprint density at radius 1 is 1.40 bits per heavy atom. The number of aromatic hydroxyl groups is 1. The first-order chi connectivity index (χ1) is 9.52. The minimum Gasteiger partial charge on any atom is -0.506 e. The summed E-state index contributed by atoms with van der Waals surface area (Å²) in [5.41, 5.74) is 1.37. The number of esters is 1. The third kappa shape index (κ3) is 2.77. The van der Waals surface area contributed by atoms with Gasteiger partial charge in [-0.25, -0.2) is 4.79 Å². The molecule has 2 aromatic heterocycles. The van der Waals surface area contributed by atoms with Crippen LogP contribution in [0.2, 0.25) is 0 Å². The predicted molar refractivity (Wildman–Crippen MR) is 74.3 cm³/mol. The summed E-state index contributed by atoms with van der Waals surface area (Å²) >= 11 is 1.19. The van der Waals surface area contributed by atoms with E-state index in [1.807, 2.05) is 0 Å². The van der Waals surface area contributed by atoms with Crippen LogP contribution in [0.15, 0.2) is 23.8 Å². The molecule has 6 nitrogen and oxygen atoms in total. The first-order valence-corrected chi connectivity index (χ1v) is 6.52. The summed E-state index contributed by atoms with van der Waals surface area (Å²) in [5, 5.41) is 13.7. The quantitative estimate of drug-likeness (QED) is 0.847. The van der Waals surface area contributed by atoms with Crippen LogP contribution in [-0.4, -0.2) is 29.1 Å². The van der Waals surface area contributed by atoms with Crippen LogP contribution in [0.1, 0.15) is 25.6 Å². The summed E-state index contributed by atoms with van der Waals surface area (Å²) in [4.78, 5) is 27.7. The van der Waals surface area contributed by atoms with Crippen LogP contribution < -0.4 is 5.32 Å². The van der Waals surface area contributed by atoms with Crippen molar-refractivity contribution in [3.63, 3.8) is 0 Å². The molecule has 0 radical (unpaired) electrons. The maximum atomic E-state index is 12.1. The first kappa shape index (κ1) is 14.0. The Hall–Kier alpha value is -2.41. The van der Waals surface area contributed by atoms with E-state index in [9.17, 15) is 14.7 Å². The number of ether oxygens (including phenoxy) is 1. The number of amides is 1. The van der Waals surface area contributed by atoms with Gasteiger partial charge in [0.15, 0.2) is 0 Å². The summed E-state index contributed by atoms with van der Waals surface area (Å²) in [7, 11) is 1.28. The summed E-state index contributed by atoms with van der Waals surface area (Å²) in [6.45, 7) is 1.78. The van der Waals surface area contributed by atoms with Gasteiger partial charge in [0.1, 0.15) is 10.6 Å². The van der Waals surface area contributed by atoms with E-state index in [1.165, 1.54) is 36.9 Å². The van der Waals surface area contributed by atoms with Gasteiger partial charge in [-0.15, -0.1) is 11.3 Å². The molecule has 0 fully saturated rings. The SMILES string of the molecule is COC(=O)c1scc(C)c1NC(=O)c1cncc(O)c1. The standard InChI is InChI=1S/C13H12N2O4S/c1-7-6-20-11(13(18)19-2)10(7)15-12(17)8-3-9(16)5-14-4-8/h3-6,16H,1-2H3,(H,15,17). The molecule has 0 bridgehead atoms. The monoisotopic (exact) mass is 292 g/mol. The van der Waals surface area contributed by atoms with Gasteiger partial charge in [0, 0.05) is 6.20 Å². The van der Waals surface area contributed by atoms with Crippen molar-refractivity contribution >= 4 is 28.9 Å². The normalized spacial score (nSPS) is 10.1. The second kappa shape index (κ2) is 5.70. The van der Waals surface area contributed by atoms with Crippen LogP contribution in [0, 0.1) is 6.92 Å². The van der Waals surface area contributed by atoms with Gasteiger partial charge in [-0.05, 0) is 23.9 Å². The fraction of sp³-hybridized carbons (Fsp3) is 0.154. The molecule has 104 valence electrons. The Kier molecular flexibility index (Phi) is 3.99. The highest BCUT2D eigenvalue weighted by atomic mass is 32.1. The largest absolute Gasteiger partial charge is 0.506 e. The number of nitrogens with zero attached hydrogens (tertiary/aromatic N) is 1. The van der Waals surface area contributed by atoms with Crippen molar-refractivity contribution in [2.45, 2.75) is 6.92 Å². The zero-order valence-electron chi connectivity index (χ0n) is 10.8. The van der Waals surface area contributed by atoms with Crippen molar-refractivity contribution in [3.8, 4) is 5.75 Å². The molecule has 20 heavy (non-hydrogen) atoms. The van der Waals surface area contributed by atoms with Gasteiger partial charge in [0.05, 0.1) is 24.6 Å². The lowest BCUT2D eigenvalue weighted by atomic mass is 10.2. The van der Waals surface area contributed by atoms with Gasteiger partial charge in [-0.3, -0.25) is 9.78 Å². The van der Waals surface area contributed by atoms with Crippen molar-refractivity contribution in [3.05, 3.63) is 39.8 Å². The molecule has 2 N–H and O–H groups in total. The van der Waals surface area contributed by atoms with Gasteiger partial charge in [0.25, 0.3) is 5.91 Å². The van der Waals surface area contributed by atoms with Crippen LogP contribution in [0.4, 0.5) is 5.69 Å². The second-order valence-electron chi connectivity index (χ2n) is 4.00. The number of pyridine rings is 1. The molecule has 1 amide bonds. The molecule has 2 aromatic rings. The van der Waals surface area contributed by atoms with E-state index >= 15 is 0 Å². The number of aromatic nitrogens is 1. The Morgan fingerprint density at radius 2 is 2.15 bits per heavy atom. The molecule has 0 aromatic carbocycles. The van der Waals surface area contributed by atoms with E-state index in [4.69, 9.17) is 0 Å². The third-order valence-corrected chi connectivity index (χ3v) is 3.65. The van der Waals surface area contributed by atoms with Crippen LogP contribution in [-0.2, 0) is 4.74 Å². The molecular formula is C13H12N2O4S. The van der Waals surface area contributed by atoms with Gasteiger partial charge < -0.3 is 15.2 Å². The number of carbonyl (C=O) groups excluding carboxylic acids is 2. The topological polar surface area (TPSA) is 88.5 Å². The molecule has 0 aliphatic carbocycles. The molecule has 0 spiro atoms. The van der Waals surface area contributed by atoms with E-state index in [1.54, 1.807) is 12.3 Å². The highest BCUT2D eigenvalue weighted by Gasteiger charge is 2.19. The maximum absolute atomic E-state index is 12.1. The van der Waals surface area contributed by atoms with Crippen molar-refractivity contribution in [1.82, 2.24) is 4.98 Å². The summed E-state index contributed by atoms with van der Waals surface area (Å²) in [5.74, 6) is -1.07. The number of carbonyl (C=O) groups is 2. The molecule has 0 aliphatic rings. The lowest BCUT2D eigenvalue weighted by Gasteiger charge is -2.07. The summed E-state index contributed by atoms with van der Waals surface area (Å²) in [6.07, 6.45) is 2.56. The fourth-order valence-electron chi connectivity index (χ4n) is 1.58. The first-order valence-electron chi connectivity index (χ1n) is 5.64. The Labute approximate surface area is 119 Å². The molecule has 2 heterocycles. The average Bonchev–Trinajstić information content (AvgIpc) is 2.79. The fourth-order valence-corrected chi connectivity index (χ4v) is 2.50. The van der Waals surface area contributed by atoms with Crippen LogP contribution in [0.5, 0.6) is 5.75 Å². The minimum absolute atomic E-state index is 0.104. The minimum atomic E-state index is -0.507. The number of rotatable bonds is 3. The number of thiophene rings is 1. The van der Waals surface area contributed by atoms with Crippen molar-refractivity contribution in [1.29, 1.82) is 0 Å². The van der Waals surface area contributed by atoms with E-state index in [-0.39, 0.29) is 11.3 Å². The van der Waals surface area contributed by atoms with Crippen LogP contribution in [0.25, 0.3) is 0 Å². The van der Waals surface area contributed by atoms with Crippen LogP contribution in [0.3, 0.4) is 0 Å². The number of hydrogen-bond donors (Lipinski definition) is 2. The van der Waals surface area contributed by atoms with E-state index < -0.39 is 11.9 Å². The number of nitrogens with one attached hydrogen (secondary N) is 1. The number of anilines is 1. The Balaban J connectivity index is 2.28. The molecular weight excluding hydrogens is 280 g/mol. The zero-order chi connectivity index (χ0) is 14.7. The van der Waals surface area contributed by atoms with Crippen molar-refractivity contribution < 1.29 is 19.4 Å². The van der Waals surface area contributed by atoms with Crippen molar-refractivity contribution in [2.24, 2.45) is 0 Å². The highest BCUT2D eigenvalue weighted by molar-refractivity contribution is 7.12. The molecule has 0 atom stereocenters. The number of aryl methyl sites for hydroxylation is 1. The highest BCUT2D eigenvalue weighted by Crippen LogP contribution is 2.28. The molecule has 0 saturated carbocycles. The molecule has 0 saturated heterocycles. The average molecular weight is 292 g/mol. The van der Waals surface area contributed by atoms with Gasteiger partial charge in [-0.2, -0.15) is 0 Å². The summed E-state index contributed by atoms with van der Waals surface area (Å²) < 4.78 is 4.66. The lowest BCUT2D eigenvalue weighted by molar-refractivity contribution is 0.0607. The smallest absolute Gasteiger partial charge is 0.350 e. The van der Waals surface area contributed by atoms with Gasteiger partial charge in [-0.1, -0.05) is 0 Å². The Bertz CT molecular complexity index is 666. The predicted octanol–water partition coefficient (Wildman–Crippen LogP) is 2.20. The zero-order valence-corrected chi connectivity index (χ0v) is 11.7. The maximum Gasteiger partial charge on any atom is 0.350 e. The van der Waals surface area contributed by atoms with Gasteiger partial charge >= 0.3 is 5.97 Å². The number of methoxy groups -OCH3 is 1. The summed E-state index contributed by atoms with van der Waals surface area (Å²) in [6, 6.07) is 1.29. The van der Waals surface area contributed by atoms with Gasteiger partial charge in [0.2, 0.25) is 0 Å². The second-order valence-corrected chi connectivity index (χ2v) is 4.88. The third-order valence-electron chi connectivity index (χ3n) is 2.57. The van der Waals surface area contributed by atoms with E-state index in [2.05, 4.69) is 15.0 Å². The molecule has 0 unspecified atom stereocenters. The molecule has 7 heteroatoms. The molecule has 0 aliphatic heterocycles.